The molecule has 0 heterocycles. The summed E-state index contributed by atoms with van der Waals surface area (Å²) in [6.45, 7) is 1.25. The van der Waals surface area contributed by atoms with Gasteiger partial charge in [-0.05, 0) is 52.3 Å². The molecule has 2 rings (SSSR count). The van der Waals surface area contributed by atoms with E-state index >= 15 is 0 Å². The molecule has 0 aliphatic carbocycles. The summed E-state index contributed by atoms with van der Waals surface area (Å²) in [5.74, 6) is 1.58. The number of hydrogen-bond acceptors (Lipinski definition) is 3. The second kappa shape index (κ2) is 7.41. The molecule has 0 aliphatic rings. The van der Waals surface area contributed by atoms with Gasteiger partial charge in [0, 0.05) is 17.3 Å². The molecule has 0 aliphatic heterocycles. The van der Waals surface area contributed by atoms with Crippen molar-refractivity contribution in [1.29, 1.82) is 0 Å². The highest BCUT2D eigenvalue weighted by molar-refractivity contribution is 9.10. The minimum Gasteiger partial charge on any atom is -0.497 e. The lowest BCUT2D eigenvalue weighted by atomic mass is 10.3. The minimum atomic E-state index is 0.553. The van der Waals surface area contributed by atoms with E-state index in [9.17, 15) is 0 Å². The highest BCUT2D eigenvalue weighted by atomic mass is 79.9. The highest BCUT2D eigenvalue weighted by Gasteiger charge is 2.02. The topological polar surface area (TPSA) is 30.5 Å². The average molecular weight is 357 g/mol. The summed E-state index contributed by atoms with van der Waals surface area (Å²) in [6.07, 6.45) is 0. The summed E-state index contributed by atoms with van der Waals surface area (Å²) in [4.78, 5) is 0. The Hall–Kier alpha value is -1.39. The van der Waals surface area contributed by atoms with Gasteiger partial charge in [-0.1, -0.05) is 17.7 Å². The number of methoxy groups -OCH3 is 1. The molecule has 0 aromatic heterocycles. The van der Waals surface area contributed by atoms with Crippen molar-refractivity contribution < 1.29 is 9.47 Å². The van der Waals surface area contributed by atoms with Crippen LogP contribution in [0.5, 0.6) is 11.5 Å². The van der Waals surface area contributed by atoms with Crippen LogP contribution in [-0.2, 0) is 0 Å². The van der Waals surface area contributed by atoms with Gasteiger partial charge >= 0.3 is 0 Å². The van der Waals surface area contributed by atoms with E-state index in [2.05, 4.69) is 21.2 Å². The predicted octanol–water partition coefficient (Wildman–Crippen LogP) is 4.60. The molecule has 106 valence electrons. The lowest BCUT2D eigenvalue weighted by Crippen LogP contribution is -2.11. The Kier molecular flexibility index (Phi) is 5.56. The molecule has 0 saturated heterocycles. The van der Waals surface area contributed by atoms with Crippen LogP contribution in [0.3, 0.4) is 0 Å². The third-order valence-corrected chi connectivity index (χ3v) is 3.51. The SMILES string of the molecule is COc1ccc(OCCNc2cccc(Cl)c2)c(Br)c1. The largest absolute Gasteiger partial charge is 0.497 e. The normalized spacial score (nSPS) is 10.2. The van der Waals surface area contributed by atoms with Crippen LogP contribution in [0.4, 0.5) is 5.69 Å². The van der Waals surface area contributed by atoms with Gasteiger partial charge in [-0.3, -0.25) is 0 Å². The fourth-order valence-corrected chi connectivity index (χ4v) is 2.34. The van der Waals surface area contributed by atoms with Crippen LogP contribution in [0.1, 0.15) is 0 Å². The fourth-order valence-electron chi connectivity index (χ4n) is 1.68. The van der Waals surface area contributed by atoms with Crippen LogP contribution >= 0.6 is 27.5 Å². The Morgan fingerprint density at radius 2 is 2.05 bits per heavy atom. The lowest BCUT2D eigenvalue weighted by Gasteiger charge is -2.11. The van der Waals surface area contributed by atoms with Crippen molar-refractivity contribution in [1.82, 2.24) is 0 Å². The van der Waals surface area contributed by atoms with E-state index in [0.717, 1.165) is 21.7 Å². The Morgan fingerprint density at radius 1 is 1.20 bits per heavy atom. The van der Waals surface area contributed by atoms with E-state index in [0.29, 0.717) is 18.2 Å². The zero-order valence-electron chi connectivity index (χ0n) is 11.0. The van der Waals surface area contributed by atoms with E-state index in [-0.39, 0.29) is 0 Å². The van der Waals surface area contributed by atoms with E-state index in [1.807, 2.05) is 42.5 Å². The van der Waals surface area contributed by atoms with Gasteiger partial charge in [0.15, 0.2) is 0 Å². The van der Waals surface area contributed by atoms with Crippen LogP contribution in [0.2, 0.25) is 5.02 Å². The number of ether oxygens (including phenoxy) is 2. The lowest BCUT2D eigenvalue weighted by molar-refractivity contribution is 0.329. The van der Waals surface area contributed by atoms with E-state index < -0.39 is 0 Å². The number of anilines is 1. The molecule has 2 aromatic carbocycles. The maximum Gasteiger partial charge on any atom is 0.133 e. The van der Waals surface area contributed by atoms with Crippen molar-refractivity contribution >= 4 is 33.2 Å². The van der Waals surface area contributed by atoms with E-state index in [1.54, 1.807) is 7.11 Å². The summed E-state index contributed by atoms with van der Waals surface area (Å²) in [5.41, 5.74) is 0.981. The van der Waals surface area contributed by atoms with Crippen molar-refractivity contribution in [2.45, 2.75) is 0 Å². The maximum atomic E-state index is 5.91. The smallest absolute Gasteiger partial charge is 0.133 e. The molecule has 5 heteroatoms. The first kappa shape index (κ1) is 15.0. The second-order valence-electron chi connectivity index (χ2n) is 4.08. The Morgan fingerprint density at radius 3 is 2.75 bits per heavy atom. The molecule has 2 aromatic rings. The molecule has 0 fully saturated rings. The fraction of sp³-hybridized carbons (Fsp3) is 0.200. The van der Waals surface area contributed by atoms with Crippen LogP contribution in [0.25, 0.3) is 0 Å². The molecule has 0 amide bonds. The second-order valence-corrected chi connectivity index (χ2v) is 5.37. The molecule has 0 unspecified atom stereocenters. The van der Waals surface area contributed by atoms with E-state index in [1.165, 1.54) is 0 Å². The number of halogens is 2. The van der Waals surface area contributed by atoms with Crippen molar-refractivity contribution in [2.75, 3.05) is 25.6 Å². The van der Waals surface area contributed by atoms with Crippen molar-refractivity contribution in [3.8, 4) is 11.5 Å². The van der Waals surface area contributed by atoms with Gasteiger partial charge in [-0.2, -0.15) is 0 Å². The molecular weight excluding hydrogens is 342 g/mol. The van der Waals surface area contributed by atoms with Crippen LogP contribution in [0, 0.1) is 0 Å². The van der Waals surface area contributed by atoms with Crippen LogP contribution in [-0.4, -0.2) is 20.3 Å². The predicted molar refractivity (Wildman–Crippen MR) is 86.1 cm³/mol. The molecule has 1 N–H and O–H groups in total. The Labute approximate surface area is 132 Å². The van der Waals surface area contributed by atoms with Crippen molar-refractivity contribution in [3.05, 3.63) is 52.0 Å². The monoisotopic (exact) mass is 355 g/mol. The van der Waals surface area contributed by atoms with Gasteiger partial charge in [-0.25, -0.2) is 0 Å². The first-order valence-electron chi connectivity index (χ1n) is 6.15. The van der Waals surface area contributed by atoms with Gasteiger partial charge in [0.25, 0.3) is 0 Å². The maximum absolute atomic E-state index is 5.91. The van der Waals surface area contributed by atoms with Gasteiger partial charge < -0.3 is 14.8 Å². The molecule has 0 bridgehead atoms. The van der Waals surface area contributed by atoms with Crippen LogP contribution in [0.15, 0.2) is 46.9 Å². The third kappa shape index (κ3) is 4.32. The van der Waals surface area contributed by atoms with Crippen LogP contribution < -0.4 is 14.8 Å². The van der Waals surface area contributed by atoms with Crippen molar-refractivity contribution in [3.63, 3.8) is 0 Å². The van der Waals surface area contributed by atoms with E-state index in [4.69, 9.17) is 21.1 Å². The number of rotatable bonds is 6. The van der Waals surface area contributed by atoms with Gasteiger partial charge in [0.2, 0.25) is 0 Å². The van der Waals surface area contributed by atoms with Gasteiger partial charge in [0.1, 0.15) is 18.1 Å². The minimum absolute atomic E-state index is 0.553. The summed E-state index contributed by atoms with van der Waals surface area (Å²) >= 11 is 9.37. The third-order valence-electron chi connectivity index (χ3n) is 2.65. The summed E-state index contributed by atoms with van der Waals surface area (Å²) in [6, 6.07) is 13.2. The number of benzene rings is 2. The summed E-state index contributed by atoms with van der Waals surface area (Å²) < 4.78 is 11.7. The standard InChI is InChI=1S/C15H15BrClNO2/c1-19-13-5-6-15(14(16)10-13)20-8-7-18-12-4-2-3-11(17)9-12/h2-6,9-10,18H,7-8H2,1H3. The summed E-state index contributed by atoms with van der Waals surface area (Å²) in [7, 11) is 1.64. The van der Waals surface area contributed by atoms with Gasteiger partial charge in [-0.15, -0.1) is 0 Å². The molecule has 0 saturated carbocycles. The first-order chi connectivity index (χ1) is 9.69. The molecule has 0 radical (unpaired) electrons. The van der Waals surface area contributed by atoms with Gasteiger partial charge in [0.05, 0.1) is 11.6 Å². The molecule has 20 heavy (non-hydrogen) atoms. The highest BCUT2D eigenvalue weighted by Crippen LogP contribution is 2.29. The molecule has 0 spiro atoms. The first-order valence-corrected chi connectivity index (χ1v) is 7.32. The number of hydrogen-bond donors (Lipinski definition) is 1. The quantitative estimate of drug-likeness (QED) is 0.767. The Balaban J connectivity index is 1.81. The zero-order chi connectivity index (χ0) is 14.4. The average Bonchev–Trinajstić information content (AvgIpc) is 2.45. The van der Waals surface area contributed by atoms with Crippen molar-refractivity contribution in [2.24, 2.45) is 0 Å². The molecule has 3 nitrogen and oxygen atoms in total. The zero-order valence-corrected chi connectivity index (χ0v) is 13.4. The number of nitrogens with one attached hydrogen (secondary N) is 1. The molecular formula is C15H15BrClNO2. The Bertz CT molecular complexity index is 578. The summed E-state index contributed by atoms with van der Waals surface area (Å²) in [5, 5.41) is 3.96. The molecule has 0 atom stereocenters.